The van der Waals surface area contributed by atoms with E-state index in [4.69, 9.17) is 0 Å². The minimum absolute atomic E-state index is 0.161. The Balaban J connectivity index is 1.66. The second-order valence-corrected chi connectivity index (χ2v) is 42.3. The summed E-state index contributed by atoms with van der Waals surface area (Å²) in [5, 5.41) is 0. The maximum atomic E-state index is 9.18. The molecule has 6 heteroatoms. The molecule has 0 N–H and O–H groups in total. The second kappa shape index (κ2) is 33.0. The summed E-state index contributed by atoms with van der Waals surface area (Å²) in [4.78, 5) is 0. The minimum atomic E-state index is -3.86. The van der Waals surface area contributed by atoms with Crippen LogP contribution in [0.5, 0.6) is 0 Å². The normalized spacial score (nSPS) is 13.9. The molecule has 546 valence electrons. The van der Waals surface area contributed by atoms with E-state index in [0.717, 1.165) is 11.4 Å². The number of hydrogen-bond acceptors (Lipinski definition) is 4. The molecule has 1 aliphatic rings. The van der Waals surface area contributed by atoms with Crippen LogP contribution in [-0.2, 0) is 7.73 Å². The summed E-state index contributed by atoms with van der Waals surface area (Å²) in [6.45, 7) is 77.8. The molecule has 8 aromatic rings. The monoisotopic (exact) mass is 1490 g/mol. The van der Waals surface area contributed by atoms with Crippen molar-refractivity contribution in [1.82, 2.24) is 0 Å². The van der Waals surface area contributed by atoms with E-state index in [1.54, 1.807) is 0 Å². The molecule has 0 aromatic heterocycles. The molecule has 4 nitrogen and oxygen atoms in total. The number of para-hydroxylation sites is 2. The predicted octanol–water partition coefficient (Wildman–Crippen LogP) is 28.3. The molecule has 0 saturated carbocycles. The van der Waals surface area contributed by atoms with Gasteiger partial charge in [-0.3, -0.25) is 0 Å². The summed E-state index contributed by atoms with van der Waals surface area (Å²) in [6.07, 6.45) is 0. The average Bonchev–Trinajstić information content (AvgIpc) is 0.710. The zero-order valence-corrected chi connectivity index (χ0v) is 73.7. The number of benzene rings is 8. The van der Waals surface area contributed by atoms with Crippen LogP contribution in [0.25, 0.3) is 44.5 Å². The molecule has 9 rings (SSSR count). The summed E-state index contributed by atoms with van der Waals surface area (Å²) in [7, 11) is 0. The van der Waals surface area contributed by atoms with Crippen molar-refractivity contribution in [1.29, 1.82) is 0 Å². The van der Waals surface area contributed by atoms with Gasteiger partial charge in [-0.1, -0.05) is 0 Å². The van der Waals surface area contributed by atoms with E-state index in [1.807, 2.05) is 0 Å². The summed E-state index contributed by atoms with van der Waals surface area (Å²) < 4.78 is 26.1. The Kier molecular flexibility index (Phi) is 26.0. The van der Waals surface area contributed by atoms with E-state index >= 15 is 0 Å². The predicted molar refractivity (Wildman–Crippen MR) is 451 cm³/mol. The Labute approximate surface area is 632 Å². The van der Waals surface area contributed by atoms with Crippen molar-refractivity contribution in [2.75, 3.05) is 8.04 Å². The molecular formula is C96H132Ge2N2O2. The van der Waals surface area contributed by atoms with Crippen LogP contribution in [0.4, 0.5) is 11.4 Å². The third-order valence-electron chi connectivity index (χ3n) is 21.9. The SMILES string of the molecule is CC(C)c1cc(C(C)C)c(-c2c(C(C)C)cc(C(C)C)c(-c3c(C(C)C)cc(C(C)C)cc3C(C)C)[c]2[Ge]2[O][N](c3ccccc3)[Ge]([c]3c(-c4c(C(C)C)cc(C(C)C)cc4C(C)C)c(C(C)C)cc(C(C)C)c3-c3c(C(C)C)cc(C(C)C)cc3C(C)C)[O][N]2c2ccccc2)c(C(C)C)c1. The van der Waals surface area contributed by atoms with E-state index in [9.17, 15) is 7.73 Å². The summed E-state index contributed by atoms with van der Waals surface area (Å²) in [6, 6.07) is 48.9. The van der Waals surface area contributed by atoms with Gasteiger partial charge in [-0.2, -0.15) is 0 Å². The number of hydrogen-bond donors (Lipinski definition) is 0. The van der Waals surface area contributed by atoms with Gasteiger partial charge in [0, 0.05) is 0 Å². The van der Waals surface area contributed by atoms with Crippen molar-refractivity contribution < 1.29 is 7.73 Å². The molecule has 102 heavy (non-hydrogen) atoms. The third-order valence-corrected chi connectivity index (χ3v) is 31.9. The second-order valence-electron chi connectivity index (χ2n) is 35.2. The van der Waals surface area contributed by atoms with Gasteiger partial charge in [0.15, 0.2) is 0 Å². The van der Waals surface area contributed by atoms with Crippen molar-refractivity contribution in [3.8, 4) is 44.5 Å². The zero-order chi connectivity index (χ0) is 75.3. The van der Waals surface area contributed by atoms with Gasteiger partial charge in [-0.15, -0.1) is 0 Å². The first-order valence-electron chi connectivity index (χ1n) is 39.9. The van der Waals surface area contributed by atoms with Gasteiger partial charge < -0.3 is 0 Å². The van der Waals surface area contributed by atoms with Crippen LogP contribution < -0.4 is 16.8 Å². The van der Waals surface area contributed by atoms with Crippen molar-refractivity contribution in [2.45, 2.75) is 316 Å². The van der Waals surface area contributed by atoms with Crippen LogP contribution >= 0.6 is 0 Å². The van der Waals surface area contributed by atoms with Crippen molar-refractivity contribution in [3.05, 3.63) is 210 Å². The van der Waals surface area contributed by atoms with Gasteiger partial charge in [0.2, 0.25) is 0 Å². The first-order chi connectivity index (χ1) is 47.9. The molecule has 1 fully saturated rings. The molecule has 2 radical (unpaired) electrons. The third kappa shape index (κ3) is 16.1. The van der Waals surface area contributed by atoms with Crippen LogP contribution in [-0.4, -0.2) is 29.8 Å². The molecule has 0 spiro atoms. The van der Waals surface area contributed by atoms with Gasteiger partial charge in [0.25, 0.3) is 0 Å². The average molecular weight is 1490 g/mol. The first-order valence-corrected chi connectivity index (χ1v) is 45.5. The van der Waals surface area contributed by atoms with E-state index in [0.29, 0.717) is 23.7 Å². The van der Waals surface area contributed by atoms with E-state index in [-0.39, 0.29) is 71.0 Å². The molecule has 8 aromatic carbocycles. The van der Waals surface area contributed by atoms with E-state index in [2.05, 4.69) is 351 Å². The van der Waals surface area contributed by atoms with Crippen LogP contribution in [0.15, 0.2) is 121 Å². The van der Waals surface area contributed by atoms with Crippen molar-refractivity contribution in [2.24, 2.45) is 0 Å². The Morgan fingerprint density at radius 2 is 0.353 bits per heavy atom. The van der Waals surface area contributed by atoms with Gasteiger partial charge in [-0.25, -0.2) is 0 Å². The molecule has 1 heterocycles. The van der Waals surface area contributed by atoms with E-state index in [1.165, 1.54) is 142 Å². The fourth-order valence-corrected chi connectivity index (χ4v) is 28.3. The molecule has 1 aliphatic heterocycles. The van der Waals surface area contributed by atoms with Gasteiger partial charge >= 0.3 is 637 Å². The molecule has 0 atom stereocenters. The van der Waals surface area contributed by atoms with Crippen molar-refractivity contribution in [3.63, 3.8) is 0 Å². The molecular weight excluding hydrogens is 1360 g/mol. The van der Waals surface area contributed by atoms with Crippen LogP contribution in [0.3, 0.4) is 0 Å². The zero-order valence-electron chi connectivity index (χ0n) is 69.5. The van der Waals surface area contributed by atoms with Gasteiger partial charge in [0.05, 0.1) is 0 Å². The van der Waals surface area contributed by atoms with Gasteiger partial charge in [-0.05, 0) is 0 Å². The molecule has 0 unspecified atom stereocenters. The summed E-state index contributed by atoms with van der Waals surface area (Å²) in [5.41, 5.74) is 35.4. The molecule has 0 amide bonds. The van der Waals surface area contributed by atoms with Crippen molar-refractivity contribution >= 4 is 50.0 Å². The molecule has 0 aliphatic carbocycles. The summed E-state index contributed by atoms with van der Waals surface area (Å²) >= 11 is -7.71. The first kappa shape index (κ1) is 80.5. The number of rotatable bonds is 24. The summed E-state index contributed by atoms with van der Waals surface area (Å²) in [5.74, 6) is 3.82. The van der Waals surface area contributed by atoms with Gasteiger partial charge in [0.1, 0.15) is 0 Å². The van der Waals surface area contributed by atoms with Crippen LogP contribution in [0, 0.1) is 0 Å². The van der Waals surface area contributed by atoms with Crippen LogP contribution in [0.2, 0.25) is 0 Å². The standard InChI is InChI=1S/C96H132Ge2N2O2/c1-53(2)69-43-75(57(9)10)87(76(44-69)58(11)12)91-83(65(25)26)51-84(66(27)28)92(88-77(59(13)14)45-70(54(3)4)46-78(88)60(15)16)95(91)97-99(73-39-35-33-36-40-73)102-98(100(101-97)74-41-37-34-38-42-74)96-93(89-79(61(17)18)47-71(55(5)6)48-80(89)62(19)20)85(67(29)30)52-86(68(31)32)94(96)90-81(63(21)22)49-72(56(7)8)50-82(90)64(23)24/h33-68H,1-32H3. The molecule has 1 saturated heterocycles. The number of anilines is 2. The Morgan fingerprint density at radius 3 is 0.500 bits per heavy atom. The Hall–Kier alpha value is -5.63. The topological polar surface area (TPSA) is 24.9 Å². The maximum absolute atomic E-state index is 9.18. The fourth-order valence-electron chi connectivity index (χ4n) is 15.8. The number of nitrogens with zero attached hydrogens (tertiary/aromatic N) is 2. The van der Waals surface area contributed by atoms with Crippen LogP contribution in [0.1, 0.15) is 405 Å². The Bertz CT molecular complexity index is 3630. The fraction of sp³-hybridized carbons (Fsp3) is 0.500. The Morgan fingerprint density at radius 1 is 0.196 bits per heavy atom. The molecule has 0 bridgehead atoms. The van der Waals surface area contributed by atoms with E-state index < -0.39 is 29.8 Å². The quantitative estimate of drug-likeness (QED) is 0.0563.